The molecule has 2 N–H and O–H groups in total. The Kier molecular flexibility index (Phi) is 4.73. The fraction of sp³-hybridized carbons (Fsp3) is 0.200. The van der Waals surface area contributed by atoms with Crippen molar-refractivity contribution in [2.45, 2.75) is 25.5 Å². The van der Waals surface area contributed by atoms with Crippen molar-refractivity contribution < 1.29 is 31.9 Å². The van der Waals surface area contributed by atoms with E-state index in [9.17, 15) is 27.5 Å². The zero-order valence-electron chi connectivity index (χ0n) is 15.5. The number of aryl methyl sites for hydroxylation is 1. The molecule has 0 spiro atoms. The molecule has 6 nitrogen and oxygen atoms in total. The van der Waals surface area contributed by atoms with Crippen LogP contribution in [0.15, 0.2) is 58.7 Å². The smallest absolute Gasteiger partial charge is 0.291 e. The number of nitrogens with one attached hydrogen (secondary N) is 1. The van der Waals surface area contributed by atoms with E-state index in [1.54, 1.807) is 37.3 Å². The van der Waals surface area contributed by atoms with Gasteiger partial charge in [0.1, 0.15) is 17.2 Å². The molecule has 0 radical (unpaired) electrons. The van der Waals surface area contributed by atoms with Crippen LogP contribution < -0.4 is 5.43 Å². The Bertz CT molecular complexity index is 1170. The first-order valence-electron chi connectivity index (χ1n) is 8.83. The van der Waals surface area contributed by atoms with Crippen LogP contribution in [-0.2, 0) is 0 Å². The molecule has 1 fully saturated rings. The molecule has 10 heteroatoms. The molecule has 0 bridgehead atoms. The number of rotatable bonds is 3. The predicted molar refractivity (Wildman–Crippen MR) is 98.3 cm³/mol. The maximum Gasteiger partial charge on any atom is 0.291 e. The van der Waals surface area contributed by atoms with E-state index >= 15 is 0 Å². The number of hydrogen-bond donors (Lipinski definition) is 2. The molecule has 4 rings (SSSR count). The number of amides is 1. The molecule has 1 saturated heterocycles. The summed E-state index contributed by atoms with van der Waals surface area (Å²) in [7, 11) is 0. The lowest BCUT2D eigenvalue weighted by Crippen LogP contribution is -2.55. The summed E-state index contributed by atoms with van der Waals surface area (Å²) >= 11 is 0. The zero-order valence-corrected chi connectivity index (χ0v) is 15.5. The summed E-state index contributed by atoms with van der Waals surface area (Å²) in [4.78, 5) is 17.6. The highest BCUT2D eigenvalue weighted by atomic mass is 19.3. The van der Waals surface area contributed by atoms with Crippen molar-refractivity contribution in [3.05, 3.63) is 65.6 Å². The molecule has 1 atom stereocenters. The second-order valence-corrected chi connectivity index (χ2v) is 6.83. The summed E-state index contributed by atoms with van der Waals surface area (Å²) in [5, 5.41) is 10.8. The number of aromatic nitrogens is 1. The fourth-order valence-electron chi connectivity index (χ4n) is 3.29. The van der Waals surface area contributed by atoms with Crippen LogP contribution in [0.25, 0.3) is 22.4 Å². The largest absolute Gasteiger partial charge is 0.460 e. The minimum atomic E-state index is -3.49. The lowest BCUT2D eigenvalue weighted by atomic mass is 10.0. The highest BCUT2D eigenvalue weighted by molar-refractivity contribution is 6.07. The fourth-order valence-corrected chi connectivity index (χ4v) is 3.29. The molecule has 30 heavy (non-hydrogen) atoms. The van der Waals surface area contributed by atoms with Gasteiger partial charge in [-0.05, 0) is 31.2 Å². The molecular weight excluding hydrogens is 406 g/mol. The van der Waals surface area contributed by atoms with Gasteiger partial charge in [0.25, 0.3) is 18.4 Å². The molecule has 1 aliphatic heterocycles. The van der Waals surface area contributed by atoms with Crippen molar-refractivity contribution in [1.82, 2.24) is 15.4 Å². The molecule has 2 aromatic heterocycles. The molecule has 1 amide bonds. The molecule has 1 unspecified atom stereocenters. The molecule has 1 aromatic carbocycles. The first kappa shape index (κ1) is 19.9. The van der Waals surface area contributed by atoms with Gasteiger partial charge < -0.3 is 9.52 Å². The molecule has 3 heterocycles. The number of furan rings is 1. The average molecular weight is 421 g/mol. The second kappa shape index (κ2) is 7.13. The van der Waals surface area contributed by atoms with Crippen LogP contribution in [-0.4, -0.2) is 33.2 Å². The third kappa shape index (κ3) is 3.18. The van der Waals surface area contributed by atoms with E-state index in [-0.39, 0.29) is 16.3 Å². The lowest BCUT2D eigenvalue weighted by molar-refractivity contribution is -0.168. The van der Waals surface area contributed by atoms with Crippen LogP contribution in [0, 0.1) is 6.92 Å². The number of fused-ring (bicyclic) bond motifs is 1. The number of halogens is 4. The average Bonchev–Trinajstić information content (AvgIpc) is 3.31. The summed E-state index contributed by atoms with van der Waals surface area (Å²) in [5.41, 5.74) is -1.67. The quantitative estimate of drug-likeness (QED) is 0.620. The predicted octanol–water partition coefficient (Wildman–Crippen LogP) is 4.22. The molecule has 1 aliphatic rings. The topological polar surface area (TPSA) is 78.6 Å². The van der Waals surface area contributed by atoms with Crippen LogP contribution in [0.3, 0.4) is 0 Å². The van der Waals surface area contributed by atoms with Gasteiger partial charge in [0, 0.05) is 5.39 Å². The van der Waals surface area contributed by atoms with Gasteiger partial charge in [-0.15, -0.1) is 0 Å². The lowest BCUT2D eigenvalue weighted by Gasteiger charge is -2.31. The number of alkyl halides is 2. The number of hydrazine groups is 1. The number of pyridine rings is 1. The van der Waals surface area contributed by atoms with E-state index in [1.807, 2.05) is 5.43 Å². The summed E-state index contributed by atoms with van der Waals surface area (Å²) in [6.07, 6.45) is -6.92. The summed E-state index contributed by atoms with van der Waals surface area (Å²) < 4.78 is 58.7. The molecular formula is C20H15F4N3O3. The summed E-state index contributed by atoms with van der Waals surface area (Å²) in [6, 6.07) is 11.1. The Hall–Kier alpha value is -3.40. The van der Waals surface area contributed by atoms with Gasteiger partial charge in [-0.25, -0.2) is 18.8 Å². The van der Waals surface area contributed by atoms with Gasteiger partial charge in [-0.1, -0.05) is 18.2 Å². The summed E-state index contributed by atoms with van der Waals surface area (Å²) in [6.45, 7) is 1.72. The number of benzene rings is 1. The maximum absolute atomic E-state index is 13.6. The number of carbonyl (C=O) groups is 1. The van der Waals surface area contributed by atoms with E-state index in [4.69, 9.17) is 4.42 Å². The van der Waals surface area contributed by atoms with E-state index in [0.29, 0.717) is 22.4 Å². The van der Waals surface area contributed by atoms with Crippen molar-refractivity contribution in [3.8, 4) is 11.5 Å². The van der Waals surface area contributed by atoms with Gasteiger partial charge in [0.15, 0.2) is 5.76 Å². The Balaban J connectivity index is 1.87. The van der Waals surface area contributed by atoms with Crippen LogP contribution in [0.1, 0.15) is 22.5 Å². The zero-order chi connectivity index (χ0) is 21.6. The van der Waals surface area contributed by atoms with Gasteiger partial charge in [0.05, 0.1) is 17.5 Å². The summed E-state index contributed by atoms with van der Waals surface area (Å²) in [5.74, 6) is -0.187. The van der Waals surface area contributed by atoms with E-state index in [0.717, 1.165) is 0 Å². The van der Waals surface area contributed by atoms with Crippen molar-refractivity contribution in [1.29, 1.82) is 0 Å². The first-order chi connectivity index (χ1) is 14.2. The van der Waals surface area contributed by atoms with Crippen molar-refractivity contribution in [3.63, 3.8) is 0 Å². The minimum absolute atomic E-state index is 0.114. The van der Waals surface area contributed by atoms with Gasteiger partial charge in [-0.2, -0.15) is 8.78 Å². The normalized spacial score (nSPS) is 18.9. The maximum atomic E-state index is 13.6. The minimum Gasteiger partial charge on any atom is -0.460 e. The third-order valence-electron chi connectivity index (χ3n) is 4.79. The van der Waals surface area contributed by atoms with E-state index < -0.39 is 36.3 Å². The highest BCUT2D eigenvalue weighted by Gasteiger charge is 2.53. The number of carbonyl (C=O) groups excluding carboxylic acids is 1. The van der Waals surface area contributed by atoms with Gasteiger partial charge in [-0.3, -0.25) is 10.2 Å². The number of nitrogens with zero attached hydrogens (tertiary/aromatic N) is 2. The van der Waals surface area contributed by atoms with E-state index in [1.165, 1.54) is 12.1 Å². The third-order valence-corrected chi connectivity index (χ3v) is 4.79. The Morgan fingerprint density at radius 2 is 2.00 bits per heavy atom. The van der Waals surface area contributed by atoms with Crippen LogP contribution >= 0.6 is 0 Å². The standard InChI is InChI=1S/C20H15F4N3O3/c1-10-6-7-16(30-10)14-8-12(11-4-2-3-5-13(11)25-14)18(28)27-20(29,19(23)24)9-15(26-27)17(21)22/h2-8,19,26,29H,9H2,1H3. The molecule has 3 aromatic rings. The van der Waals surface area contributed by atoms with Crippen molar-refractivity contribution in [2.24, 2.45) is 0 Å². The second-order valence-electron chi connectivity index (χ2n) is 6.83. The Morgan fingerprint density at radius 1 is 1.27 bits per heavy atom. The van der Waals surface area contributed by atoms with E-state index in [2.05, 4.69) is 4.98 Å². The molecule has 0 aliphatic carbocycles. The molecule has 0 saturated carbocycles. The highest BCUT2D eigenvalue weighted by Crippen LogP contribution is 2.36. The van der Waals surface area contributed by atoms with Crippen molar-refractivity contribution in [2.75, 3.05) is 0 Å². The monoisotopic (exact) mass is 421 g/mol. The van der Waals surface area contributed by atoms with Crippen LogP contribution in [0.5, 0.6) is 0 Å². The molecule has 156 valence electrons. The van der Waals surface area contributed by atoms with Gasteiger partial charge in [0.2, 0.25) is 5.72 Å². The van der Waals surface area contributed by atoms with Crippen LogP contribution in [0.2, 0.25) is 0 Å². The Labute approximate surface area is 167 Å². The SMILES string of the molecule is Cc1ccc(-c2cc(C(=O)N3NC(=C(F)F)CC3(O)C(F)F)c3ccccc3n2)o1. The number of aliphatic hydroxyl groups is 1. The Morgan fingerprint density at radius 3 is 2.63 bits per heavy atom. The number of para-hydroxylation sites is 1. The first-order valence-corrected chi connectivity index (χ1v) is 8.83. The van der Waals surface area contributed by atoms with Crippen LogP contribution in [0.4, 0.5) is 17.6 Å². The van der Waals surface area contributed by atoms with Gasteiger partial charge >= 0.3 is 0 Å². The number of hydrogen-bond acceptors (Lipinski definition) is 5. The van der Waals surface area contributed by atoms with Crippen molar-refractivity contribution >= 4 is 16.8 Å².